The summed E-state index contributed by atoms with van der Waals surface area (Å²) in [6.07, 6.45) is 19.8. The average molecular weight is 613 g/mol. The Bertz CT molecular complexity index is 702. The third-order valence-electron chi connectivity index (χ3n) is 7.60. The fourth-order valence-electron chi connectivity index (χ4n) is 5.09. The van der Waals surface area contributed by atoms with Gasteiger partial charge in [-0.25, -0.2) is 0 Å². The van der Waals surface area contributed by atoms with Crippen LogP contribution in [0, 0.1) is 5.92 Å². The molecule has 8 nitrogen and oxygen atoms in total. The molecule has 0 spiro atoms. The zero-order chi connectivity index (χ0) is 32.9. The lowest BCUT2D eigenvalue weighted by Crippen LogP contribution is -2.24. The van der Waals surface area contributed by atoms with Crippen LogP contribution in [0.15, 0.2) is 24.9 Å². The molecule has 2 fully saturated rings. The number of carbonyl (C=O) groups excluding carboxylic acids is 2. The van der Waals surface area contributed by atoms with Gasteiger partial charge >= 0.3 is 0 Å². The van der Waals surface area contributed by atoms with E-state index in [-0.39, 0.29) is 23.9 Å². The van der Waals surface area contributed by atoms with E-state index in [1.165, 1.54) is 38.5 Å². The summed E-state index contributed by atoms with van der Waals surface area (Å²) in [4.78, 5) is 22.6. The molecule has 0 aliphatic carbocycles. The molecule has 0 saturated carbocycles. The van der Waals surface area contributed by atoms with Gasteiger partial charge in [-0.15, -0.1) is 6.58 Å². The van der Waals surface area contributed by atoms with Crippen LogP contribution in [0.3, 0.4) is 0 Å². The molecule has 0 bridgehead atoms. The molecule has 254 valence electrons. The number of ether oxygens (including phenoxy) is 2. The van der Waals surface area contributed by atoms with Gasteiger partial charge in [0.25, 0.3) is 0 Å². The van der Waals surface area contributed by atoms with E-state index in [9.17, 15) is 9.59 Å². The highest BCUT2D eigenvalue weighted by Gasteiger charge is 2.30. The molecule has 2 heterocycles. The molecule has 8 heteroatoms. The zero-order valence-electron chi connectivity index (χ0n) is 28.4. The van der Waals surface area contributed by atoms with Crippen LogP contribution >= 0.6 is 0 Å². The van der Waals surface area contributed by atoms with Crippen molar-refractivity contribution in [1.29, 1.82) is 0 Å². The first-order valence-corrected chi connectivity index (χ1v) is 16.9. The van der Waals surface area contributed by atoms with Gasteiger partial charge in [-0.2, -0.15) is 0 Å². The van der Waals surface area contributed by atoms with Gasteiger partial charge in [0.15, 0.2) is 0 Å². The predicted octanol–water partition coefficient (Wildman–Crippen LogP) is 6.77. The maximum absolute atomic E-state index is 11.8. The Morgan fingerprint density at radius 1 is 0.953 bits per heavy atom. The highest BCUT2D eigenvalue weighted by atomic mass is 16.5. The third kappa shape index (κ3) is 26.4. The van der Waals surface area contributed by atoms with Gasteiger partial charge in [-0.05, 0) is 70.6 Å². The lowest BCUT2D eigenvalue weighted by atomic mass is 9.96. The minimum Gasteiger partial charge on any atom is -0.403 e. The Kier molecular flexibility index (Phi) is 30.6. The van der Waals surface area contributed by atoms with Gasteiger partial charge < -0.3 is 35.5 Å². The van der Waals surface area contributed by atoms with Crippen LogP contribution in [0.4, 0.5) is 0 Å². The van der Waals surface area contributed by atoms with E-state index in [0.29, 0.717) is 37.6 Å². The van der Waals surface area contributed by atoms with E-state index in [4.69, 9.17) is 25.4 Å². The van der Waals surface area contributed by atoms with Gasteiger partial charge in [0.05, 0.1) is 24.9 Å². The minimum absolute atomic E-state index is 0.116. The first kappa shape index (κ1) is 43.4. The lowest BCUT2D eigenvalue weighted by molar-refractivity contribution is -0.121. The van der Waals surface area contributed by atoms with Crippen LogP contribution < -0.4 is 11.1 Å². The molecule has 0 aromatic carbocycles. The molecule has 0 radical (unpaired) electrons. The first-order chi connectivity index (χ1) is 20.6. The molecular weight excluding hydrogens is 544 g/mol. The van der Waals surface area contributed by atoms with E-state index in [2.05, 4.69) is 39.2 Å². The smallest absolute Gasteiger partial charge is 0.219 e. The summed E-state index contributed by atoms with van der Waals surface area (Å²) in [7, 11) is 1.00. The van der Waals surface area contributed by atoms with Crippen LogP contribution in [-0.4, -0.2) is 66.6 Å². The monoisotopic (exact) mass is 613 g/mol. The van der Waals surface area contributed by atoms with Gasteiger partial charge in [0.1, 0.15) is 11.9 Å². The van der Waals surface area contributed by atoms with Crippen molar-refractivity contribution in [3.8, 4) is 0 Å². The molecule has 5 atom stereocenters. The number of aliphatic hydroxyl groups is 2. The summed E-state index contributed by atoms with van der Waals surface area (Å²) in [5.41, 5.74) is 6.16. The number of allylic oxidation sites excluding steroid dienone is 1. The van der Waals surface area contributed by atoms with Gasteiger partial charge in [-0.3, -0.25) is 4.79 Å². The quantitative estimate of drug-likeness (QED) is 0.0935. The number of rotatable bonds is 19. The maximum Gasteiger partial charge on any atom is 0.219 e. The summed E-state index contributed by atoms with van der Waals surface area (Å²) in [5.74, 6) is 1.10. The number of aliphatic hydroxyl groups excluding tert-OH is 2. The number of nitrogens with one attached hydrogen (secondary N) is 1. The number of hydrogen-bond acceptors (Lipinski definition) is 7. The molecule has 5 unspecified atom stereocenters. The molecule has 0 aromatic heterocycles. The fraction of sp³-hybridized carbons (Fsp3) is 0.829. The summed E-state index contributed by atoms with van der Waals surface area (Å²) in [5, 5.41) is 19.0. The number of nitrogens with two attached hydrogens (primary N) is 1. The van der Waals surface area contributed by atoms with Crippen LogP contribution in [0.5, 0.6) is 0 Å². The number of Topliss-reactive ketones (excluding diaryl/α,β-unsaturated/α-hetero) is 1. The van der Waals surface area contributed by atoms with Crippen molar-refractivity contribution in [3.05, 3.63) is 24.9 Å². The maximum atomic E-state index is 11.8. The highest BCUT2D eigenvalue weighted by molar-refractivity contribution is 5.76. The number of amides is 1. The topological polar surface area (TPSA) is 131 Å². The standard InChI is InChI=1S/C21H39NO3.C7H15N.C6H10O2.CH4O/c1-4-11-19-16-17(2)20(25-19)13-8-5-9-14-21(24)22-15-10-6-7-12-18(3)23;1-3-4-5-6-7(2)8;1-2-6-5(7)3-4-8-6;1-2/h17,19-20H,4-16H2,1-3H3,(H,22,24);2-6,8H2,1H3;2,5-7H,1,3-4H2;2H,1H3. The zero-order valence-corrected chi connectivity index (χ0v) is 28.4. The molecule has 43 heavy (non-hydrogen) atoms. The molecule has 0 aromatic rings. The molecule has 5 N–H and O–H groups in total. The highest BCUT2D eigenvalue weighted by Crippen LogP contribution is 2.31. The second kappa shape index (κ2) is 30.3. The number of unbranched alkanes of at least 4 members (excludes halogenated alkanes) is 6. The van der Waals surface area contributed by atoms with Crippen LogP contribution in [0.2, 0.25) is 0 Å². The molecular formula is C35H68N2O6. The Hall–Kier alpha value is -1.74. The predicted molar refractivity (Wildman–Crippen MR) is 179 cm³/mol. The minimum atomic E-state index is -0.313. The molecule has 1 amide bonds. The number of carbonyl (C=O) groups is 2. The van der Waals surface area contributed by atoms with Crippen molar-refractivity contribution < 1.29 is 29.3 Å². The van der Waals surface area contributed by atoms with Crippen LogP contribution in [-0.2, 0) is 19.1 Å². The third-order valence-corrected chi connectivity index (χ3v) is 7.60. The van der Waals surface area contributed by atoms with Gasteiger partial charge in [-0.1, -0.05) is 72.0 Å². The summed E-state index contributed by atoms with van der Waals surface area (Å²) < 4.78 is 11.2. The second-order valence-corrected chi connectivity index (χ2v) is 11.8. The van der Waals surface area contributed by atoms with E-state index >= 15 is 0 Å². The second-order valence-electron chi connectivity index (χ2n) is 11.8. The van der Waals surface area contributed by atoms with Crippen molar-refractivity contribution in [2.24, 2.45) is 11.7 Å². The van der Waals surface area contributed by atoms with Gasteiger partial charge in [0, 0.05) is 32.2 Å². The van der Waals surface area contributed by atoms with E-state index in [1.807, 2.05) is 0 Å². The largest absolute Gasteiger partial charge is 0.403 e. The molecule has 2 rings (SSSR count). The van der Waals surface area contributed by atoms with Crippen LogP contribution in [0.25, 0.3) is 0 Å². The SMILES string of the molecule is C=C(N)CCCCC.C=CC1OCCC1O.CCCC1CC(C)C(CCCCCC(=O)NCCCCCC(C)=O)O1.CO. The summed E-state index contributed by atoms with van der Waals surface area (Å²) in [6, 6.07) is 0. The van der Waals surface area contributed by atoms with Crippen LogP contribution in [0.1, 0.15) is 137 Å². The number of hydrogen-bond donors (Lipinski definition) is 4. The Labute approximate surface area is 264 Å². The Morgan fingerprint density at radius 3 is 2.14 bits per heavy atom. The Balaban J connectivity index is 0. The van der Waals surface area contributed by atoms with Gasteiger partial charge in [0.2, 0.25) is 5.91 Å². The van der Waals surface area contributed by atoms with E-state index in [0.717, 1.165) is 77.1 Å². The summed E-state index contributed by atoms with van der Waals surface area (Å²) in [6.45, 7) is 16.9. The lowest BCUT2D eigenvalue weighted by Gasteiger charge is -2.15. The molecule has 2 aliphatic heterocycles. The fourth-order valence-corrected chi connectivity index (χ4v) is 5.09. The van der Waals surface area contributed by atoms with Crippen molar-refractivity contribution in [2.45, 2.75) is 161 Å². The number of ketones is 1. The summed E-state index contributed by atoms with van der Waals surface area (Å²) >= 11 is 0. The molecule has 2 saturated heterocycles. The van der Waals surface area contributed by atoms with Crippen molar-refractivity contribution in [1.82, 2.24) is 5.32 Å². The molecule has 2 aliphatic rings. The van der Waals surface area contributed by atoms with E-state index < -0.39 is 0 Å². The first-order valence-electron chi connectivity index (χ1n) is 16.9. The average Bonchev–Trinajstić information content (AvgIpc) is 3.56. The Morgan fingerprint density at radius 2 is 1.60 bits per heavy atom. The van der Waals surface area contributed by atoms with Crippen molar-refractivity contribution in [2.75, 3.05) is 20.3 Å². The van der Waals surface area contributed by atoms with E-state index in [1.54, 1.807) is 13.0 Å². The van der Waals surface area contributed by atoms with Crippen molar-refractivity contribution in [3.63, 3.8) is 0 Å². The normalized spacial score (nSPS) is 22.2. The van der Waals surface area contributed by atoms with Crippen molar-refractivity contribution >= 4 is 11.7 Å².